The SMILES string of the molecule is Cc1cccc(CCC(C)NC(C)c2cc(C)sc2C)c1. The summed E-state index contributed by atoms with van der Waals surface area (Å²) in [5.41, 5.74) is 4.25. The number of hydrogen-bond donors (Lipinski definition) is 1. The van der Waals surface area contributed by atoms with E-state index in [1.807, 2.05) is 11.3 Å². The summed E-state index contributed by atoms with van der Waals surface area (Å²) in [4.78, 5) is 2.85. The van der Waals surface area contributed by atoms with Crippen LogP contribution in [0.1, 0.15) is 52.8 Å². The Morgan fingerprint density at radius 2 is 1.86 bits per heavy atom. The molecule has 1 N–H and O–H groups in total. The first kappa shape index (κ1) is 16.3. The molecule has 1 nitrogen and oxygen atoms in total. The molecule has 1 aromatic carbocycles. The molecule has 2 atom stereocenters. The van der Waals surface area contributed by atoms with Crippen molar-refractivity contribution in [3.63, 3.8) is 0 Å². The van der Waals surface area contributed by atoms with Gasteiger partial charge >= 0.3 is 0 Å². The zero-order chi connectivity index (χ0) is 15.4. The number of hydrogen-bond acceptors (Lipinski definition) is 2. The van der Waals surface area contributed by atoms with E-state index >= 15 is 0 Å². The average Bonchev–Trinajstić information content (AvgIpc) is 2.75. The molecule has 0 fully saturated rings. The molecule has 0 amide bonds. The molecule has 1 aromatic heterocycles. The minimum atomic E-state index is 0.433. The molecule has 0 aliphatic rings. The van der Waals surface area contributed by atoms with Crippen molar-refractivity contribution in [2.24, 2.45) is 0 Å². The third kappa shape index (κ3) is 4.69. The van der Waals surface area contributed by atoms with Gasteiger partial charge in [0.2, 0.25) is 0 Å². The van der Waals surface area contributed by atoms with Crippen LogP contribution >= 0.6 is 11.3 Å². The van der Waals surface area contributed by atoms with Gasteiger partial charge in [-0.2, -0.15) is 0 Å². The summed E-state index contributed by atoms with van der Waals surface area (Å²) in [5.74, 6) is 0. The van der Waals surface area contributed by atoms with Crippen molar-refractivity contribution in [2.75, 3.05) is 0 Å². The summed E-state index contributed by atoms with van der Waals surface area (Å²) in [7, 11) is 0. The van der Waals surface area contributed by atoms with Gasteiger partial charge in [-0.3, -0.25) is 0 Å². The Morgan fingerprint density at radius 1 is 1.10 bits per heavy atom. The fourth-order valence-corrected chi connectivity index (χ4v) is 3.95. The minimum Gasteiger partial charge on any atom is -0.308 e. The molecular formula is C19H27NS. The number of aryl methyl sites for hydroxylation is 4. The number of benzene rings is 1. The number of rotatable bonds is 6. The molecule has 2 unspecified atom stereocenters. The van der Waals surface area contributed by atoms with E-state index in [2.05, 4.69) is 70.3 Å². The van der Waals surface area contributed by atoms with Gasteiger partial charge in [-0.05, 0) is 64.7 Å². The van der Waals surface area contributed by atoms with Gasteiger partial charge in [0, 0.05) is 21.8 Å². The lowest BCUT2D eigenvalue weighted by atomic mass is 10.0. The van der Waals surface area contributed by atoms with Gasteiger partial charge < -0.3 is 5.32 Å². The first-order chi connectivity index (χ1) is 9.95. The maximum absolute atomic E-state index is 3.74. The van der Waals surface area contributed by atoms with Gasteiger partial charge in [0.05, 0.1) is 0 Å². The van der Waals surface area contributed by atoms with Gasteiger partial charge in [-0.15, -0.1) is 11.3 Å². The van der Waals surface area contributed by atoms with Crippen LogP contribution in [0.25, 0.3) is 0 Å². The quantitative estimate of drug-likeness (QED) is 0.759. The molecule has 0 radical (unpaired) electrons. The fourth-order valence-electron chi connectivity index (χ4n) is 2.93. The van der Waals surface area contributed by atoms with Crippen LogP contribution in [-0.2, 0) is 6.42 Å². The maximum Gasteiger partial charge on any atom is 0.0305 e. The molecular weight excluding hydrogens is 274 g/mol. The highest BCUT2D eigenvalue weighted by molar-refractivity contribution is 7.12. The fraction of sp³-hybridized carbons (Fsp3) is 0.474. The highest BCUT2D eigenvalue weighted by atomic mass is 32.1. The Balaban J connectivity index is 1.87. The van der Waals surface area contributed by atoms with E-state index in [1.165, 1.54) is 32.9 Å². The topological polar surface area (TPSA) is 12.0 Å². The van der Waals surface area contributed by atoms with Gasteiger partial charge in [0.15, 0.2) is 0 Å². The van der Waals surface area contributed by atoms with E-state index in [1.54, 1.807) is 0 Å². The van der Waals surface area contributed by atoms with Gasteiger partial charge in [-0.1, -0.05) is 29.8 Å². The largest absolute Gasteiger partial charge is 0.308 e. The Morgan fingerprint density at radius 3 is 2.48 bits per heavy atom. The summed E-state index contributed by atoms with van der Waals surface area (Å²) in [6, 6.07) is 12.1. The lowest BCUT2D eigenvalue weighted by Gasteiger charge is -2.20. The van der Waals surface area contributed by atoms with Crippen molar-refractivity contribution in [3.8, 4) is 0 Å². The molecule has 0 spiro atoms. The second kappa shape index (κ2) is 7.24. The second-order valence-corrected chi connectivity index (χ2v) is 7.65. The van der Waals surface area contributed by atoms with E-state index in [-0.39, 0.29) is 0 Å². The van der Waals surface area contributed by atoms with Crippen molar-refractivity contribution in [1.29, 1.82) is 0 Å². The zero-order valence-corrected chi connectivity index (χ0v) is 14.7. The molecule has 1 heterocycles. The van der Waals surface area contributed by atoms with Crippen LogP contribution in [0.15, 0.2) is 30.3 Å². The molecule has 2 rings (SSSR count). The van der Waals surface area contributed by atoms with Crippen molar-refractivity contribution in [2.45, 2.75) is 59.5 Å². The van der Waals surface area contributed by atoms with Crippen molar-refractivity contribution in [3.05, 3.63) is 56.8 Å². The third-order valence-corrected chi connectivity index (χ3v) is 5.01. The molecule has 0 saturated carbocycles. The number of thiophene rings is 1. The Labute approximate surface area is 133 Å². The molecule has 0 saturated heterocycles. The lowest BCUT2D eigenvalue weighted by molar-refractivity contribution is 0.456. The summed E-state index contributed by atoms with van der Waals surface area (Å²) in [6.07, 6.45) is 2.32. The molecule has 2 heteroatoms. The van der Waals surface area contributed by atoms with Gasteiger partial charge in [0.1, 0.15) is 0 Å². The molecule has 114 valence electrons. The summed E-state index contributed by atoms with van der Waals surface area (Å²) in [5, 5.41) is 3.74. The Kier molecular flexibility index (Phi) is 5.60. The molecule has 0 aliphatic heterocycles. The smallest absolute Gasteiger partial charge is 0.0305 e. The molecule has 21 heavy (non-hydrogen) atoms. The predicted molar refractivity (Wildman–Crippen MR) is 94.3 cm³/mol. The van der Waals surface area contributed by atoms with E-state index in [0.717, 1.165) is 6.42 Å². The van der Waals surface area contributed by atoms with E-state index in [4.69, 9.17) is 0 Å². The normalized spacial score (nSPS) is 14.1. The molecule has 0 bridgehead atoms. The minimum absolute atomic E-state index is 0.433. The van der Waals surface area contributed by atoms with E-state index in [0.29, 0.717) is 12.1 Å². The molecule has 2 aromatic rings. The Bertz CT molecular complexity index is 585. The van der Waals surface area contributed by atoms with E-state index in [9.17, 15) is 0 Å². The second-order valence-electron chi connectivity index (χ2n) is 6.19. The monoisotopic (exact) mass is 301 g/mol. The average molecular weight is 301 g/mol. The van der Waals surface area contributed by atoms with Crippen molar-refractivity contribution >= 4 is 11.3 Å². The molecule has 0 aliphatic carbocycles. The number of nitrogens with one attached hydrogen (secondary N) is 1. The first-order valence-corrected chi connectivity index (χ1v) is 8.66. The van der Waals surface area contributed by atoms with E-state index < -0.39 is 0 Å². The third-order valence-electron chi connectivity index (χ3n) is 4.03. The van der Waals surface area contributed by atoms with Crippen molar-refractivity contribution in [1.82, 2.24) is 5.32 Å². The van der Waals surface area contributed by atoms with Crippen LogP contribution in [0, 0.1) is 20.8 Å². The van der Waals surface area contributed by atoms with Crippen LogP contribution in [-0.4, -0.2) is 6.04 Å². The Hall–Kier alpha value is -1.12. The van der Waals surface area contributed by atoms with Crippen LogP contribution < -0.4 is 5.32 Å². The van der Waals surface area contributed by atoms with Gasteiger partial charge in [-0.25, -0.2) is 0 Å². The standard InChI is InChI=1S/C19H27NS/c1-13-7-6-8-18(11-13)10-9-14(2)20-16(4)19-12-15(3)21-17(19)5/h6-8,11-12,14,16,20H,9-10H2,1-5H3. The lowest BCUT2D eigenvalue weighted by Crippen LogP contribution is -2.29. The van der Waals surface area contributed by atoms with Crippen molar-refractivity contribution < 1.29 is 0 Å². The van der Waals surface area contributed by atoms with Gasteiger partial charge in [0.25, 0.3) is 0 Å². The zero-order valence-electron chi connectivity index (χ0n) is 13.9. The van der Waals surface area contributed by atoms with Crippen LogP contribution in [0.5, 0.6) is 0 Å². The van der Waals surface area contributed by atoms with Crippen LogP contribution in [0.3, 0.4) is 0 Å². The maximum atomic E-state index is 3.74. The van der Waals surface area contributed by atoms with Crippen LogP contribution in [0.2, 0.25) is 0 Å². The first-order valence-electron chi connectivity index (χ1n) is 7.84. The van der Waals surface area contributed by atoms with Crippen LogP contribution in [0.4, 0.5) is 0 Å². The predicted octanol–water partition coefficient (Wildman–Crippen LogP) is 5.35. The summed E-state index contributed by atoms with van der Waals surface area (Å²) >= 11 is 1.90. The summed E-state index contributed by atoms with van der Waals surface area (Å²) < 4.78 is 0. The highest BCUT2D eigenvalue weighted by Crippen LogP contribution is 2.26. The highest BCUT2D eigenvalue weighted by Gasteiger charge is 2.13. The summed E-state index contributed by atoms with van der Waals surface area (Å²) in [6.45, 7) is 11.1.